The summed E-state index contributed by atoms with van der Waals surface area (Å²) in [4.78, 5) is 19.5. The largest absolute Gasteiger partial charge is 0.358 e. The zero-order valence-corrected chi connectivity index (χ0v) is 15.0. The Morgan fingerprint density at radius 3 is 2.62 bits per heavy atom. The van der Waals surface area contributed by atoms with Crippen LogP contribution < -0.4 is 5.56 Å². The number of thiocarbonyl (C=S) groups is 1. The Hall–Kier alpha value is -0.990. The van der Waals surface area contributed by atoms with Crippen LogP contribution in [0.5, 0.6) is 0 Å². The fourth-order valence-electron chi connectivity index (χ4n) is 2.03. The van der Waals surface area contributed by atoms with E-state index in [0.717, 1.165) is 33.0 Å². The molecule has 0 spiro atoms. The van der Waals surface area contributed by atoms with Crippen molar-refractivity contribution in [1.82, 2.24) is 19.5 Å². The second-order valence-electron chi connectivity index (χ2n) is 4.44. The number of rotatable bonds is 4. The van der Waals surface area contributed by atoms with E-state index in [-0.39, 0.29) is 5.56 Å². The number of hydrogen-bond acceptors (Lipinski definition) is 6. The molecule has 0 fully saturated rings. The molecule has 0 saturated heterocycles. The molecule has 21 heavy (non-hydrogen) atoms. The molecule has 5 nitrogen and oxygen atoms in total. The SMILES string of the molecule is CCc1c(C)nc2sc(SC(=S)N(CC)CC)nn2c1=O. The molecule has 8 heteroatoms. The number of nitrogens with zero attached hydrogens (tertiary/aromatic N) is 4. The maximum Gasteiger partial charge on any atom is 0.278 e. The van der Waals surface area contributed by atoms with Crippen molar-refractivity contribution in [2.75, 3.05) is 13.1 Å². The van der Waals surface area contributed by atoms with Crippen LogP contribution in [-0.2, 0) is 6.42 Å². The van der Waals surface area contributed by atoms with Crippen LogP contribution in [-0.4, -0.2) is 36.9 Å². The highest BCUT2D eigenvalue weighted by Gasteiger charge is 2.15. The summed E-state index contributed by atoms with van der Waals surface area (Å²) in [6, 6.07) is 0. The van der Waals surface area contributed by atoms with E-state index in [0.29, 0.717) is 11.4 Å². The molecule has 0 saturated carbocycles. The van der Waals surface area contributed by atoms with Crippen molar-refractivity contribution >= 4 is 44.6 Å². The normalized spacial score (nSPS) is 11.0. The summed E-state index contributed by atoms with van der Waals surface area (Å²) in [6.45, 7) is 9.69. The van der Waals surface area contributed by atoms with E-state index in [1.165, 1.54) is 27.6 Å². The van der Waals surface area contributed by atoms with Crippen molar-refractivity contribution < 1.29 is 0 Å². The Labute approximate surface area is 137 Å². The third-order valence-corrected chi connectivity index (χ3v) is 5.64. The lowest BCUT2D eigenvalue weighted by molar-refractivity contribution is 0.482. The first-order chi connectivity index (χ1) is 10.0. The van der Waals surface area contributed by atoms with Crippen molar-refractivity contribution in [3.8, 4) is 0 Å². The van der Waals surface area contributed by atoms with Crippen LogP contribution in [0, 0.1) is 6.92 Å². The Bertz CT molecular complexity index is 718. The van der Waals surface area contributed by atoms with E-state index < -0.39 is 0 Å². The van der Waals surface area contributed by atoms with Crippen molar-refractivity contribution in [3.63, 3.8) is 0 Å². The molecule has 2 aromatic heterocycles. The molecule has 0 amide bonds. The van der Waals surface area contributed by atoms with Gasteiger partial charge in [-0.15, -0.1) is 5.10 Å². The average molecular weight is 343 g/mol. The van der Waals surface area contributed by atoms with Crippen molar-refractivity contribution in [2.45, 2.75) is 38.5 Å². The third-order valence-electron chi connectivity index (χ3n) is 3.24. The third kappa shape index (κ3) is 3.27. The Kier molecular flexibility index (Phi) is 5.34. The van der Waals surface area contributed by atoms with Crippen molar-refractivity contribution in [2.24, 2.45) is 0 Å². The molecule has 2 aromatic rings. The summed E-state index contributed by atoms with van der Waals surface area (Å²) in [5.41, 5.74) is 1.44. The zero-order valence-electron chi connectivity index (χ0n) is 12.5. The van der Waals surface area contributed by atoms with E-state index in [1.54, 1.807) is 0 Å². The summed E-state index contributed by atoms with van der Waals surface area (Å²) in [5, 5.41) is 4.36. The van der Waals surface area contributed by atoms with Crippen LogP contribution >= 0.6 is 35.3 Å². The molecule has 0 atom stereocenters. The van der Waals surface area contributed by atoms with Crippen LogP contribution in [0.1, 0.15) is 32.0 Å². The fourth-order valence-corrected chi connectivity index (χ4v) is 4.64. The summed E-state index contributed by atoms with van der Waals surface area (Å²) >= 11 is 8.24. The van der Waals surface area contributed by atoms with Gasteiger partial charge in [-0.1, -0.05) is 30.5 Å². The van der Waals surface area contributed by atoms with Gasteiger partial charge < -0.3 is 4.90 Å². The first kappa shape index (κ1) is 16.4. The van der Waals surface area contributed by atoms with Crippen molar-refractivity contribution in [1.29, 1.82) is 0 Å². The summed E-state index contributed by atoms with van der Waals surface area (Å²) < 4.78 is 2.92. The fraction of sp³-hybridized carbons (Fsp3) is 0.538. The van der Waals surface area contributed by atoms with Gasteiger partial charge >= 0.3 is 0 Å². The Balaban J connectivity index is 2.38. The molecule has 0 unspecified atom stereocenters. The van der Waals surface area contributed by atoms with Crippen LogP contribution in [0.2, 0.25) is 0 Å². The van der Waals surface area contributed by atoms with E-state index in [9.17, 15) is 4.79 Å². The molecule has 2 heterocycles. The van der Waals surface area contributed by atoms with Gasteiger partial charge in [0.2, 0.25) is 4.96 Å². The minimum atomic E-state index is -0.0724. The first-order valence-corrected chi connectivity index (χ1v) is 8.91. The molecule has 0 bridgehead atoms. The minimum Gasteiger partial charge on any atom is -0.358 e. The average Bonchev–Trinajstić information content (AvgIpc) is 2.83. The highest BCUT2D eigenvalue weighted by Crippen LogP contribution is 2.26. The summed E-state index contributed by atoms with van der Waals surface area (Å²) in [6.07, 6.45) is 0.665. The summed E-state index contributed by atoms with van der Waals surface area (Å²) in [5.74, 6) is 0. The standard InChI is InChI=1S/C13H18N4OS3/c1-5-9-8(4)14-11-17(10(9)18)15-12(20-11)21-13(19)16(6-2)7-3/h5-7H2,1-4H3. The Morgan fingerprint density at radius 2 is 2.05 bits per heavy atom. The predicted molar refractivity (Wildman–Crippen MR) is 92.6 cm³/mol. The second kappa shape index (κ2) is 6.85. The van der Waals surface area contributed by atoms with Crippen LogP contribution in [0.25, 0.3) is 4.96 Å². The lowest BCUT2D eigenvalue weighted by Crippen LogP contribution is -2.26. The zero-order chi connectivity index (χ0) is 15.6. The Morgan fingerprint density at radius 1 is 1.38 bits per heavy atom. The van der Waals surface area contributed by atoms with Crippen LogP contribution in [0.3, 0.4) is 0 Å². The minimum absolute atomic E-state index is 0.0724. The molecule has 0 radical (unpaired) electrons. The van der Waals surface area contributed by atoms with Crippen LogP contribution in [0.15, 0.2) is 9.13 Å². The first-order valence-electron chi connectivity index (χ1n) is 6.87. The molecule has 2 rings (SSSR count). The summed E-state index contributed by atoms with van der Waals surface area (Å²) in [7, 11) is 0. The molecule has 0 aliphatic rings. The number of aromatic nitrogens is 3. The van der Waals surface area contributed by atoms with Gasteiger partial charge in [-0.25, -0.2) is 4.98 Å². The molecule has 0 aromatic carbocycles. The van der Waals surface area contributed by atoms with Gasteiger partial charge in [0.05, 0.1) is 0 Å². The van der Waals surface area contributed by atoms with Gasteiger partial charge in [0, 0.05) is 24.3 Å². The smallest absolute Gasteiger partial charge is 0.278 e. The predicted octanol–water partition coefficient (Wildman–Crippen LogP) is 2.74. The molecule has 0 N–H and O–H groups in total. The highest BCUT2D eigenvalue weighted by atomic mass is 32.2. The second-order valence-corrected chi connectivity index (χ2v) is 7.27. The topological polar surface area (TPSA) is 50.5 Å². The van der Waals surface area contributed by atoms with Gasteiger partial charge in [-0.3, -0.25) is 4.79 Å². The molecule has 0 aliphatic carbocycles. The van der Waals surface area contributed by atoms with Gasteiger partial charge in [0.25, 0.3) is 5.56 Å². The number of aryl methyl sites for hydroxylation is 1. The van der Waals surface area contributed by atoms with Crippen molar-refractivity contribution in [3.05, 3.63) is 21.6 Å². The van der Waals surface area contributed by atoms with Crippen LogP contribution in [0.4, 0.5) is 0 Å². The van der Waals surface area contributed by atoms with E-state index >= 15 is 0 Å². The lowest BCUT2D eigenvalue weighted by Gasteiger charge is -2.19. The number of fused-ring (bicyclic) bond motifs is 1. The van der Waals surface area contributed by atoms with Gasteiger partial charge in [-0.05, 0) is 39.0 Å². The van der Waals surface area contributed by atoms with E-state index in [4.69, 9.17) is 12.2 Å². The van der Waals surface area contributed by atoms with E-state index in [1.807, 2.05) is 13.8 Å². The number of hydrogen-bond donors (Lipinski definition) is 0. The number of thioether (sulfide) groups is 1. The molecular formula is C13H18N4OS3. The maximum absolute atomic E-state index is 12.3. The molecular weight excluding hydrogens is 324 g/mol. The quantitative estimate of drug-likeness (QED) is 0.629. The van der Waals surface area contributed by atoms with E-state index in [2.05, 4.69) is 28.8 Å². The lowest BCUT2D eigenvalue weighted by atomic mass is 10.2. The maximum atomic E-state index is 12.3. The molecule has 114 valence electrons. The monoisotopic (exact) mass is 342 g/mol. The van der Waals surface area contributed by atoms with Gasteiger partial charge in [0.15, 0.2) is 4.34 Å². The molecule has 0 aliphatic heterocycles. The van der Waals surface area contributed by atoms with Gasteiger partial charge in [-0.2, -0.15) is 4.52 Å². The van der Waals surface area contributed by atoms with Gasteiger partial charge in [0.1, 0.15) is 4.32 Å². The highest BCUT2D eigenvalue weighted by molar-refractivity contribution is 8.23.